The van der Waals surface area contributed by atoms with Gasteiger partial charge in [0.25, 0.3) is 0 Å². The van der Waals surface area contributed by atoms with E-state index in [0.29, 0.717) is 23.6 Å². The molecule has 3 aromatic rings. The van der Waals surface area contributed by atoms with Gasteiger partial charge in [0, 0.05) is 27.8 Å². The third kappa shape index (κ3) is 8.71. The molecule has 1 aromatic heterocycles. The highest BCUT2D eigenvalue weighted by molar-refractivity contribution is 7.99. The van der Waals surface area contributed by atoms with E-state index >= 15 is 0 Å². The van der Waals surface area contributed by atoms with E-state index in [1.165, 1.54) is 19.8 Å². The largest absolute Gasteiger partial charge is 0.469 e. The molecular weight excluding hydrogens is 482 g/mol. The van der Waals surface area contributed by atoms with E-state index in [2.05, 4.69) is 29.3 Å². The molecule has 0 amide bonds. The fraction of sp³-hybridized carbons (Fsp3) is 0.321. The van der Waals surface area contributed by atoms with Gasteiger partial charge in [-0.1, -0.05) is 60.5 Å². The highest BCUT2D eigenvalue weighted by Gasteiger charge is 2.14. The molecule has 0 saturated carbocycles. The molecule has 3 rings (SSSR count). The Balaban J connectivity index is 1.71. The second-order valence-electron chi connectivity index (χ2n) is 8.08. The van der Waals surface area contributed by atoms with Gasteiger partial charge in [-0.05, 0) is 48.2 Å². The Morgan fingerprint density at radius 2 is 1.74 bits per heavy atom. The summed E-state index contributed by atoms with van der Waals surface area (Å²) in [6.45, 7) is 0. The monoisotopic (exact) mass is 511 g/mol. The number of halogens is 1. The van der Waals surface area contributed by atoms with Gasteiger partial charge in [-0.15, -0.1) is 0 Å². The van der Waals surface area contributed by atoms with Gasteiger partial charge in [-0.3, -0.25) is 9.59 Å². The first-order valence-electron chi connectivity index (χ1n) is 11.6. The molecule has 1 unspecified atom stereocenters. The molecule has 0 radical (unpaired) electrons. The van der Waals surface area contributed by atoms with Crippen LogP contribution in [0.2, 0.25) is 5.02 Å². The lowest BCUT2D eigenvalue weighted by Crippen LogP contribution is -2.04. The number of unbranched alkanes of at least 4 members (excludes halogenated alkanes) is 1. The van der Waals surface area contributed by atoms with E-state index in [4.69, 9.17) is 21.1 Å². The Kier molecular flexibility index (Phi) is 10.6. The van der Waals surface area contributed by atoms with Crippen LogP contribution in [0.4, 0.5) is 0 Å². The predicted molar refractivity (Wildman–Crippen MR) is 144 cm³/mol. The van der Waals surface area contributed by atoms with Gasteiger partial charge < -0.3 is 9.47 Å². The summed E-state index contributed by atoms with van der Waals surface area (Å²) < 4.78 is 9.51. The maximum absolute atomic E-state index is 11.6. The molecule has 0 aliphatic carbocycles. The molecule has 0 fully saturated rings. The Hall–Kier alpha value is -2.83. The normalized spacial score (nSPS) is 12.1. The van der Waals surface area contributed by atoms with Crippen LogP contribution in [0.1, 0.15) is 54.2 Å². The van der Waals surface area contributed by atoms with Gasteiger partial charge in [-0.25, -0.2) is 4.98 Å². The number of rotatable bonds is 12. The van der Waals surface area contributed by atoms with Crippen molar-refractivity contribution in [3.05, 3.63) is 76.4 Å². The molecule has 0 bridgehead atoms. The third-order valence-electron chi connectivity index (χ3n) is 5.58. The summed E-state index contributed by atoms with van der Waals surface area (Å²) in [5.41, 5.74) is 3.99. The van der Waals surface area contributed by atoms with E-state index in [-0.39, 0.29) is 17.2 Å². The van der Waals surface area contributed by atoms with E-state index in [1.54, 1.807) is 11.8 Å². The number of aromatic nitrogens is 1. The molecule has 0 saturated heterocycles. The fourth-order valence-corrected chi connectivity index (χ4v) is 5.09. The molecule has 1 atom stereocenters. The number of benzene rings is 2. The van der Waals surface area contributed by atoms with Crippen LogP contribution in [0.25, 0.3) is 23.1 Å². The van der Waals surface area contributed by atoms with Gasteiger partial charge in [0.05, 0.1) is 31.9 Å². The van der Waals surface area contributed by atoms with Crippen LogP contribution >= 0.6 is 23.4 Å². The molecule has 184 valence electrons. The van der Waals surface area contributed by atoms with Crippen LogP contribution in [-0.2, 0) is 19.1 Å². The number of thioether (sulfide) groups is 1. The van der Waals surface area contributed by atoms with Crippen molar-refractivity contribution in [1.82, 2.24) is 4.98 Å². The second-order valence-corrected chi connectivity index (χ2v) is 9.83. The van der Waals surface area contributed by atoms with Crippen LogP contribution in [0.5, 0.6) is 0 Å². The van der Waals surface area contributed by atoms with Crippen LogP contribution in [0.3, 0.4) is 0 Å². The maximum atomic E-state index is 11.6. The Labute approximate surface area is 215 Å². The topological polar surface area (TPSA) is 65.5 Å². The fourth-order valence-electron chi connectivity index (χ4n) is 3.68. The predicted octanol–water partition coefficient (Wildman–Crippen LogP) is 7.13. The van der Waals surface area contributed by atoms with Crippen molar-refractivity contribution in [3.63, 3.8) is 0 Å². The van der Waals surface area contributed by atoms with Crippen LogP contribution in [0.15, 0.2) is 54.6 Å². The molecule has 35 heavy (non-hydrogen) atoms. The summed E-state index contributed by atoms with van der Waals surface area (Å²) in [6.07, 6.45) is 7.42. The number of esters is 2. The van der Waals surface area contributed by atoms with Crippen molar-refractivity contribution in [2.45, 2.75) is 37.4 Å². The number of carbonyl (C=O) groups is 2. The quantitative estimate of drug-likeness (QED) is 0.190. The first-order valence-corrected chi connectivity index (χ1v) is 13.0. The zero-order valence-corrected chi connectivity index (χ0v) is 21.6. The summed E-state index contributed by atoms with van der Waals surface area (Å²) >= 11 is 7.86. The maximum Gasteiger partial charge on any atom is 0.306 e. The van der Waals surface area contributed by atoms with Gasteiger partial charge in [0.15, 0.2) is 0 Å². The van der Waals surface area contributed by atoms with Crippen molar-refractivity contribution < 1.29 is 19.1 Å². The molecule has 7 heteroatoms. The molecule has 0 aliphatic heterocycles. The van der Waals surface area contributed by atoms with Gasteiger partial charge >= 0.3 is 11.9 Å². The first-order chi connectivity index (χ1) is 17.0. The van der Waals surface area contributed by atoms with Crippen LogP contribution in [0, 0.1) is 0 Å². The number of pyridine rings is 1. The SMILES string of the molecule is COC(=O)CCCCC(SCCC(=O)OC)c1cccc(C=Cc2ccc3ccc(Cl)cc3n2)c1. The highest BCUT2D eigenvalue weighted by atomic mass is 35.5. The molecule has 0 aliphatic rings. The minimum Gasteiger partial charge on any atom is -0.469 e. The standard InChI is InChI=1S/C28H30ClNO4S/c1-33-27(31)9-4-3-8-26(35-17-16-28(32)34-2)22-7-5-6-20(18-22)10-14-24-15-12-21-11-13-23(29)19-25(21)30-24/h5-7,10-15,18-19,26H,3-4,8-9,16-17H2,1-2H3. The molecule has 5 nitrogen and oxygen atoms in total. The average molecular weight is 512 g/mol. The minimum absolute atomic E-state index is 0.184. The summed E-state index contributed by atoms with van der Waals surface area (Å²) in [5.74, 6) is 0.289. The number of nitrogens with zero attached hydrogens (tertiary/aromatic N) is 1. The highest BCUT2D eigenvalue weighted by Crippen LogP contribution is 2.35. The van der Waals surface area contributed by atoms with Crippen LogP contribution < -0.4 is 0 Å². The Bertz CT molecular complexity index is 1180. The number of methoxy groups -OCH3 is 2. The smallest absolute Gasteiger partial charge is 0.306 e. The number of carbonyl (C=O) groups excluding carboxylic acids is 2. The van der Waals surface area contributed by atoms with Gasteiger partial charge in [0.1, 0.15) is 0 Å². The van der Waals surface area contributed by atoms with Crippen molar-refractivity contribution in [1.29, 1.82) is 0 Å². The molecule has 0 spiro atoms. The number of ether oxygens (including phenoxy) is 2. The third-order valence-corrected chi connectivity index (χ3v) is 7.17. The van der Waals surface area contributed by atoms with Crippen molar-refractivity contribution >= 4 is 58.4 Å². The van der Waals surface area contributed by atoms with E-state index in [9.17, 15) is 9.59 Å². The van der Waals surface area contributed by atoms with E-state index < -0.39 is 0 Å². The van der Waals surface area contributed by atoms with Gasteiger partial charge in [-0.2, -0.15) is 11.8 Å². The zero-order valence-electron chi connectivity index (χ0n) is 20.0. The number of hydrogen-bond donors (Lipinski definition) is 0. The summed E-state index contributed by atoms with van der Waals surface area (Å²) in [7, 11) is 2.82. The lowest BCUT2D eigenvalue weighted by Gasteiger charge is -2.17. The van der Waals surface area contributed by atoms with Crippen molar-refractivity contribution in [3.8, 4) is 0 Å². The first kappa shape index (κ1) is 26.8. The Morgan fingerprint density at radius 1 is 0.971 bits per heavy atom. The molecular formula is C28H30ClNO4S. The van der Waals surface area contributed by atoms with Crippen molar-refractivity contribution in [2.24, 2.45) is 0 Å². The number of fused-ring (bicyclic) bond motifs is 1. The second kappa shape index (κ2) is 13.9. The number of hydrogen-bond acceptors (Lipinski definition) is 6. The summed E-state index contributed by atoms with van der Waals surface area (Å²) in [5, 5.41) is 1.93. The lowest BCUT2D eigenvalue weighted by molar-refractivity contribution is -0.141. The average Bonchev–Trinajstić information content (AvgIpc) is 2.88. The molecule has 0 N–H and O–H groups in total. The van der Waals surface area contributed by atoms with Crippen LogP contribution in [-0.4, -0.2) is 36.9 Å². The summed E-state index contributed by atoms with van der Waals surface area (Å²) in [6, 6.07) is 18.1. The minimum atomic E-state index is -0.206. The van der Waals surface area contributed by atoms with Gasteiger partial charge in [0.2, 0.25) is 0 Å². The zero-order chi connectivity index (χ0) is 25.0. The Morgan fingerprint density at radius 3 is 2.54 bits per heavy atom. The summed E-state index contributed by atoms with van der Waals surface area (Å²) in [4.78, 5) is 27.7. The lowest BCUT2D eigenvalue weighted by atomic mass is 10.0. The van der Waals surface area contributed by atoms with E-state index in [0.717, 1.165) is 41.4 Å². The molecule has 2 aromatic carbocycles. The van der Waals surface area contributed by atoms with E-state index in [1.807, 2.05) is 42.5 Å². The molecule has 1 heterocycles. The van der Waals surface area contributed by atoms with Crippen molar-refractivity contribution in [2.75, 3.05) is 20.0 Å².